The smallest absolute Gasteiger partial charge is 0.208 e. The number of pyridine rings is 1. The number of rotatable bonds is 7. The third kappa shape index (κ3) is 4.58. The summed E-state index contributed by atoms with van der Waals surface area (Å²) in [5.74, 6) is 0.821. The topological polar surface area (TPSA) is 95.3 Å². The highest BCUT2D eigenvalue weighted by molar-refractivity contribution is 7.88. The average Bonchev–Trinajstić information content (AvgIpc) is 3.03. The van der Waals surface area contributed by atoms with E-state index in [0.717, 1.165) is 27.8 Å². The lowest BCUT2D eigenvalue weighted by Gasteiger charge is -2.30. The van der Waals surface area contributed by atoms with Crippen molar-refractivity contribution < 1.29 is 17.9 Å². The van der Waals surface area contributed by atoms with Crippen molar-refractivity contribution in [3.05, 3.63) is 36.3 Å². The zero-order valence-electron chi connectivity index (χ0n) is 16.7. The fourth-order valence-electron chi connectivity index (χ4n) is 3.93. The second kappa shape index (κ2) is 8.35. The number of hydrogen-bond acceptors (Lipinski definition) is 6. The minimum atomic E-state index is -3.25. The fourth-order valence-corrected chi connectivity index (χ4v) is 4.75. The monoisotopic (exact) mass is 418 g/mol. The van der Waals surface area contributed by atoms with Crippen LogP contribution in [0, 0.1) is 0 Å². The lowest BCUT2D eigenvalue weighted by molar-refractivity contribution is -0.00478. The number of sulfonamides is 1. The van der Waals surface area contributed by atoms with Crippen molar-refractivity contribution in [1.82, 2.24) is 19.3 Å². The normalized spacial score (nSPS) is 20.5. The molecule has 1 fully saturated rings. The first-order valence-electron chi connectivity index (χ1n) is 9.84. The maximum Gasteiger partial charge on any atom is 0.208 e. The summed E-state index contributed by atoms with van der Waals surface area (Å²) in [5, 5.41) is 1.03. The van der Waals surface area contributed by atoms with Crippen LogP contribution in [-0.4, -0.2) is 54.6 Å². The highest BCUT2D eigenvalue weighted by Crippen LogP contribution is 2.27. The molecule has 2 atom stereocenters. The minimum absolute atomic E-state index is 0.118. The van der Waals surface area contributed by atoms with Crippen LogP contribution < -0.4 is 4.72 Å². The van der Waals surface area contributed by atoms with Gasteiger partial charge in [0.1, 0.15) is 17.9 Å². The summed E-state index contributed by atoms with van der Waals surface area (Å²) >= 11 is 0. The van der Waals surface area contributed by atoms with Gasteiger partial charge in [0.25, 0.3) is 0 Å². The Morgan fingerprint density at radius 2 is 2.14 bits per heavy atom. The predicted molar refractivity (Wildman–Crippen MR) is 111 cm³/mol. The summed E-state index contributed by atoms with van der Waals surface area (Å²) in [6, 6.07) is 7.87. The molecule has 1 aliphatic rings. The number of fused-ring (bicyclic) bond motifs is 3. The molecule has 9 heteroatoms. The minimum Gasteiger partial charge on any atom is -0.376 e. The van der Waals surface area contributed by atoms with Crippen molar-refractivity contribution in [2.45, 2.75) is 45.1 Å². The maximum atomic E-state index is 11.6. The molecule has 156 valence electrons. The average molecular weight is 419 g/mol. The lowest BCUT2D eigenvalue weighted by atomic mass is 10.0. The van der Waals surface area contributed by atoms with Crippen LogP contribution >= 0.6 is 0 Å². The zero-order valence-corrected chi connectivity index (χ0v) is 17.5. The number of aromatic nitrogens is 3. The Bertz CT molecular complexity index is 1110. The molecule has 0 amide bonds. The van der Waals surface area contributed by atoms with Crippen molar-refractivity contribution in [3.8, 4) is 0 Å². The van der Waals surface area contributed by atoms with Gasteiger partial charge in [-0.2, -0.15) is 0 Å². The Morgan fingerprint density at radius 3 is 2.93 bits per heavy atom. The summed E-state index contributed by atoms with van der Waals surface area (Å²) in [7, 11) is -3.25. The first kappa shape index (κ1) is 20.2. The second-order valence-electron chi connectivity index (χ2n) is 7.39. The molecule has 1 N–H and O–H groups in total. The third-order valence-electron chi connectivity index (χ3n) is 5.13. The molecule has 1 aliphatic heterocycles. The first-order chi connectivity index (χ1) is 13.9. The van der Waals surface area contributed by atoms with Crippen LogP contribution in [0.25, 0.3) is 21.9 Å². The number of nitrogens with one attached hydrogen (secondary N) is 1. The van der Waals surface area contributed by atoms with Crippen LogP contribution in [-0.2, 0) is 32.6 Å². The molecule has 0 spiro atoms. The summed E-state index contributed by atoms with van der Waals surface area (Å²) in [5.41, 5.74) is 2.73. The largest absolute Gasteiger partial charge is 0.376 e. The summed E-state index contributed by atoms with van der Waals surface area (Å²) in [4.78, 5) is 9.27. The Kier molecular flexibility index (Phi) is 5.82. The number of ether oxygens (including phenoxy) is 2. The van der Waals surface area contributed by atoms with E-state index in [0.29, 0.717) is 39.2 Å². The Balaban J connectivity index is 1.70. The van der Waals surface area contributed by atoms with E-state index in [2.05, 4.69) is 14.3 Å². The SMILES string of the molecule is CCOCc1nc2cnc3ccccc3c2n1CC1CC(NS(C)(=O)=O)CCO1. The van der Waals surface area contributed by atoms with E-state index in [9.17, 15) is 8.42 Å². The van der Waals surface area contributed by atoms with Gasteiger partial charge in [-0.1, -0.05) is 18.2 Å². The molecule has 29 heavy (non-hydrogen) atoms. The molecule has 0 aliphatic carbocycles. The molecule has 1 saturated heterocycles. The summed E-state index contributed by atoms with van der Waals surface area (Å²) in [6.07, 6.45) is 4.16. The molecule has 3 heterocycles. The van der Waals surface area contributed by atoms with Crippen molar-refractivity contribution in [2.75, 3.05) is 19.5 Å². The van der Waals surface area contributed by atoms with Crippen LogP contribution in [0.3, 0.4) is 0 Å². The van der Waals surface area contributed by atoms with E-state index in [1.165, 1.54) is 6.26 Å². The maximum absolute atomic E-state index is 11.6. The molecule has 0 radical (unpaired) electrons. The van der Waals surface area contributed by atoms with Crippen LogP contribution in [0.1, 0.15) is 25.6 Å². The molecule has 1 aromatic carbocycles. The van der Waals surface area contributed by atoms with Gasteiger partial charge in [-0.25, -0.2) is 18.1 Å². The molecule has 3 aromatic rings. The molecule has 8 nitrogen and oxygen atoms in total. The molecule has 0 saturated carbocycles. The predicted octanol–water partition coefficient (Wildman–Crippen LogP) is 2.22. The number of hydrogen-bond donors (Lipinski definition) is 1. The molecular weight excluding hydrogens is 392 g/mol. The van der Waals surface area contributed by atoms with Crippen molar-refractivity contribution >= 4 is 32.0 Å². The molecule has 4 rings (SSSR count). The van der Waals surface area contributed by atoms with Gasteiger partial charge in [-0.3, -0.25) is 4.98 Å². The van der Waals surface area contributed by atoms with Gasteiger partial charge in [0.05, 0.1) is 36.1 Å². The molecule has 0 bridgehead atoms. The van der Waals surface area contributed by atoms with Gasteiger partial charge in [0.2, 0.25) is 10.0 Å². The summed E-state index contributed by atoms with van der Waals surface area (Å²) < 4.78 is 39.7. The molecule has 2 aromatic heterocycles. The van der Waals surface area contributed by atoms with E-state index in [1.807, 2.05) is 31.2 Å². The van der Waals surface area contributed by atoms with E-state index in [1.54, 1.807) is 6.20 Å². The third-order valence-corrected chi connectivity index (χ3v) is 5.89. The van der Waals surface area contributed by atoms with Crippen molar-refractivity contribution in [3.63, 3.8) is 0 Å². The van der Waals surface area contributed by atoms with E-state index in [-0.39, 0.29) is 12.1 Å². The lowest BCUT2D eigenvalue weighted by Crippen LogP contribution is -2.42. The zero-order chi connectivity index (χ0) is 20.4. The van der Waals surface area contributed by atoms with Crippen LogP contribution in [0.15, 0.2) is 30.5 Å². The van der Waals surface area contributed by atoms with Crippen LogP contribution in [0.2, 0.25) is 0 Å². The van der Waals surface area contributed by atoms with E-state index < -0.39 is 10.0 Å². The quantitative estimate of drug-likeness (QED) is 0.632. The van der Waals surface area contributed by atoms with Gasteiger partial charge in [-0.15, -0.1) is 0 Å². The Hall–Kier alpha value is -2.07. The van der Waals surface area contributed by atoms with Gasteiger partial charge in [0.15, 0.2) is 0 Å². The van der Waals surface area contributed by atoms with Crippen molar-refractivity contribution in [2.24, 2.45) is 0 Å². The fraction of sp³-hybridized carbons (Fsp3) is 0.500. The van der Waals surface area contributed by atoms with Gasteiger partial charge in [-0.05, 0) is 25.8 Å². The first-order valence-corrected chi connectivity index (χ1v) is 11.7. The molecule has 2 unspecified atom stereocenters. The highest BCUT2D eigenvalue weighted by Gasteiger charge is 2.27. The van der Waals surface area contributed by atoms with Gasteiger partial charge in [0, 0.05) is 24.6 Å². The standard InChI is InChI=1S/C20H26N4O4S/c1-3-27-13-19-22-18-11-21-17-7-5-4-6-16(17)20(18)24(19)12-15-10-14(8-9-28-15)23-29(2,25)26/h4-7,11,14-15,23H,3,8-10,12-13H2,1-2H3. The number of nitrogens with zero attached hydrogens (tertiary/aromatic N) is 3. The second-order valence-corrected chi connectivity index (χ2v) is 9.17. The Morgan fingerprint density at radius 1 is 1.31 bits per heavy atom. The van der Waals surface area contributed by atoms with Crippen LogP contribution in [0.5, 0.6) is 0 Å². The Labute approximate surface area is 170 Å². The van der Waals surface area contributed by atoms with E-state index >= 15 is 0 Å². The van der Waals surface area contributed by atoms with Crippen LogP contribution in [0.4, 0.5) is 0 Å². The van der Waals surface area contributed by atoms with E-state index in [4.69, 9.17) is 14.5 Å². The van der Waals surface area contributed by atoms with Gasteiger partial charge >= 0.3 is 0 Å². The number of para-hydroxylation sites is 1. The van der Waals surface area contributed by atoms with Crippen molar-refractivity contribution in [1.29, 1.82) is 0 Å². The number of imidazole rings is 1. The highest BCUT2D eigenvalue weighted by atomic mass is 32.2. The molecular formula is C20H26N4O4S. The number of benzene rings is 1. The van der Waals surface area contributed by atoms with Gasteiger partial charge < -0.3 is 14.0 Å². The summed E-state index contributed by atoms with van der Waals surface area (Å²) in [6.45, 7) is 4.05.